The molecular formula is C19H21O6P. The number of aldehydes is 1. The van der Waals surface area contributed by atoms with Gasteiger partial charge in [-0.05, 0) is 50.5 Å². The van der Waals surface area contributed by atoms with Crippen molar-refractivity contribution in [2.24, 2.45) is 0 Å². The van der Waals surface area contributed by atoms with Gasteiger partial charge in [-0.15, -0.1) is 0 Å². The number of fused-ring (bicyclic) bond motifs is 1. The van der Waals surface area contributed by atoms with E-state index >= 15 is 0 Å². The van der Waals surface area contributed by atoms with E-state index in [-0.39, 0.29) is 28.8 Å². The van der Waals surface area contributed by atoms with Crippen molar-refractivity contribution in [3.63, 3.8) is 0 Å². The minimum Gasteiger partial charge on any atom is -0.507 e. The van der Waals surface area contributed by atoms with E-state index in [0.29, 0.717) is 23.2 Å². The SMILES string of the molecule is Cc1cc(C)c2c(c1C)OP(=O)(O)CC2c1cc(C=O)c(O)c(C)c1O. The minimum absolute atomic E-state index is 0.0256. The average Bonchev–Trinajstić information content (AvgIpc) is 2.56. The summed E-state index contributed by atoms with van der Waals surface area (Å²) in [5, 5.41) is 20.6. The van der Waals surface area contributed by atoms with Crippen LogP contribution >= 0.6 is 7.60 Å². The molecule has 1 aliphatic rings. The van der Waals surface area contributed by atoms with E-state index in [2.05, 4.69) is 0 Å². The van der Waals surface area contributed by atoms with Crippen LogP contribution in [-0.2, 0) is 4.57 Å². The first-order chi connectivity index (χ1) is 12.1. The maximum atomic E-state index is 12.5. The second-order valence-corrected chi connectivity index (χ2v) is 8.66. The largest absolute Gasteiger partial charge is 0.507 e. The number of phenolic OH excluding ortho intramolecular Hbond substituents is 2. The molecule has 2 unspecified atom stereocenters. The highest BCUT2D eigenvalue weighted by atomic mass is 31.2. The molecule has 0 amide bonds. The number of benzene rings is 2. The second kappa shape index (κ2) is 6.15. The zero-order valence-corrected chi connectivity index (χ0v) is 15.9. The first-order valence-electron chi connectivity index (χ1n) is 8.20. The van der Waals surface area contributed by atoms with Crippen molar-refractivity contribution >= 4 is 13.9 Å². The van der Waals surface area contributed by atoms with Crippen molar-refractivity contribution in [2.75, 3.05) is 6.16 Å². The van der Waals surface area contributed by atoms with E-state index in [9.17, 15) is 24.5 Å². The molecule has 2 aromatic carbocycles. The molecule has 0 aliphatic carbocycles. The molecule has 3 N–H and O–H groups in total. The van der Waals surface area contributed by atoms with Crippen molar-refractivity contribution in [1.29, 1.82) is 0 Å². The Morgan fingerprint density at radius 2 is 1.73 bits per heavy atom. The van der Waals surface area contributed by atoms with Gasteiger partial charge in [-0.2, -0.15) is 0 Å². The summed E-state index contributed by atoms with van der Waals surface area (Å²) in [6.45, 7) is 7.08. The number of aromatic hydroxyl groups is 2. The lowest BCUT2D eigenvalue weighted by Gasteiger charge is -2.33. The number of hydrogen-bond donors (Lipinski definition) is 3. The average molecular weight is 376 g/mol. The highest BCUT2D eigenvalue weighted by molar-refractivity contribution is 7.53. The molecule has 26 heavy (non-hydrogen) atoms. The van der Waals surface area contributed by atoms with Crippen LogP contribution in [0.1, 0.15) is 49.7 Å². The summed E-state index contributed by atoms with van der Waals surface area (Å²) in [4.78, 5) is 21.5. The van der Waals surface area contributed by atoms with Gasteiger partial charge in [0.2, 0.25) is 0 Å². The van der Waals surface area contributed by atoms with Crippen LogP contribution < -0.4 is 4.52 Å². The van der Waals surface area contributed by atoms with Crippen molar-refractivity contribution in [1.82, 2.24) is 0 Å². The second-order valence-electron chi connectivity index (χ2n) is 6.84. The highest BCUT2D eigenvalue weighted by Gasteiger charge is 2.40. The lowest BCUT2D eigenvalue weighted by molar-refractivity contribution is 0.112. The normalized spacial score (nSPS) is 21.8. The molecule has 0 saturated carbocycles. The zero-order valence-electron chi connectivity index (χ0n) is 15.0. The molecular weight excluding hydrogens is 355 g/mol. The number of aryl methyl sites for hydroxylation is 2. The van der Waals surface area contributed by atoms with E-state index in [0.717, 1.165) is 16.7 Å². The fourth-order valence-electron chi connectivity index (χ4n) is 3.58. The van der Waals surface area contributed by atoms with Crippen LogP contribution in [-0.4, -0.2) is 27.6 Å². The van der Waals surface area contributed by atoms with Gasteiger partial charge in [-0.25, -0.2) is 4.57 Å². The Hall–Kier alpha value is -2.30. The van der Waals surface area contributed by atoms with Crippen LogP contribution in [0.2, 0.25) is 0 Å². The number of rotatable bonds is 2. The molecule has 0 radical (unpaired) electrons. The molecule has 2 atom stereocenters. The Bertz CT molecular complexity index is 979. The van der Waals surface area contributed by atoms with Crippen LogP contribution in [0.3, 0.4) is 0 Å². The third kappa shape index (κ3) is 2.79. The van der Waals surface area contributed by atoms with Crippen molar-refractivity contribution in [3.8, 4) is 17.2 Å². The molecule has 3 rings (SSSR count). The molecule has 2 aromatic rings. The topological polar surface area (TPSA) is 104 Å². The van der Waals surface area contributed by atoms with E-state index in [1.165, 1.54) is 13.0 Å². The van der Waals surface area contributed by atoms with Gasteiger partial charge in [0.15, 0.2) is 6.29 Å². The summed E-state index contributed by atoms with van der Waals surface area (Å²) in [6.07, 6.45) is 0.275. The van der Waals surface area contributed by atoms with Gasteiger partial charge in [0.1, 0.15) is 17.2 Å². The summed E-state index contributed by atoms with van der Waals surface area (Å²) >= 11 is 0. The smallest absolute Gasteiger partial charge is 0.377 e. The minimum atomic E-state index is -3.94. The molecule has 0 aromatic heterocycles. The lowest BCUT2D eigenvalue weighted by Crippen LogP contribution is -2.19. The van der Waals surface area contributed by atoms with Crippen molar-refractivity contribution in [2.45, 2.75) is 33.6 Å². The summed E-state index contributed by atoms with van der Waals surface area (Å²) in [7, 11) is -3.94. The van der Waals surface area contributed by atoms with E-state index in [1.807, 2.05) is 26.8 Å². The van der Waals surface area contributed by atoms with Gasteiger partial charge in [-0.1, -0.05) is 6.07 Å². The van der Waals surface area contributed by atoms with Crippen LogP contribution in [0.25, 0.3) is 0 Å². The molecule has 6 nitrogen and oxygen atoms in total. The standard InChI is InChI=1S/C19H21O6P/c1-9-5-10(2)16-15(8-26(23,24)25-19(16)11(9)3)14-6-13(7-20)17(21)12(4)18(14)22/h5-7,15,21-22H,8H2,1-4H3,(H,23,24). The van der Waals surface area contributed by atoms with E-state index in [1.54, 1.807) is 0 Å². The first-order valence-corrected chi connectivity index (χ1v) is 9.96. The third-order valence-electron chi connectivity index (χ3n) is 5.10. The number of phenols is 2. The summed E-state index contributed by atoms with van der Waals surface area (Å²) in [5.74, 6) is -0.768. The van der Waals surface area contributed by atoms with E-state index in [4.69, 9.17) is 4.52 Å². The molecule has 0 saturated heterocycles. The van der Waals surface area contributed by atoms with Crippen molar-refractivity contribution in [3.05, 3.63) is 51.1 Å². The maximum Gasteiger partial charge on any atom is 0.377 e. The monoisotopic (exact) mass is 376 g/mol. The quantitative estimate of drug-likeness (QED) is 0.543. The Kier molecular flexibility index (Phi) is 4.37. The van der Waals surface area contributed by atoms with Crippen LogP contribution in [0.5, 0.6) is 17.2 Å². The fraction of sp³-hybridized carbons (Fsp3) is 0.316. The summed E-state index contributed by atoms with van der Waals surface area (Å²) in [6, 6.07) is 3.34. The molecule has 1 aliphatic heterocycles. The zero-order chi connectivity index (χ0) is 19.4. The van der Waals surface area contributed by atoms with Gasteiger partial charge in [0, 0.05) is 22.6 Å². The van der Waals surface area contributed by atoms with Crippen molar-refractivity contribution < 1.29 is 29.0 Å². The highest BCUT2D eigenvalue weighted by Crippen LogP contribution is 2.58. The molecule has 0 fully saturated rings. The molecule has 0 spiro atoms. The molecule has 138 valence electrons. The van der Waals surface area contributed by atoms with E-state index < -0.39 is 13.5 Å². The lowest BCUT2D eigenvalue weighted by atomic mass is 9.84. The number of hydrogen-bond acceptors (Lipinski definition) is 5. The van der Waals surface area contributed by atoms with Gasteiger partial charge in [-0.3, -0.25) is 4.79 Å². The molecule has 0 bridgehead atoms. The summed E-state index contributed by atoms with van der Waals surface area (Å²) in [5.41, 5.74) is 3.78. The fourth-order valence-corrected chi connectivity index (χ4v) is 5.02. The maximum absolute atomic E-state index is 12.5. The van der Waals surface area contributed by atoms with Gasteiger partial charge in [0.05, 0.1) is 11.7 Å². The van der Waals surface area contributed by atoms with Crippen LogP contribution in [0.15, 0.2) is 12.1 Å². The Morgan fingerprint density at radius 3 is 2.35 bits per heavy atom. The Balaban J connectivity index is 2.35. The number of carbonyl (C=O) groups is 1. The predicted octanol–water partition coefficient (Wildman–Crippen LogP) is 3.85. The predicted molar refractivity (Wildman–Crippen MR) is 97.7 cm³/mol. The Morgan fingerprint density at radius 1 is 1.08 bits per heavy atom. The van der Waals surface area contributed by atoms with Crippen LogP contribution in [0.4, 0.5) is 0 Å². The van der Waals surface area contributed by atoms with Crippen LogP contribution in [0, 0.1) is 27.7 Å². The number of carbonyl (C=O) groups excluding carboxylic acids is 1. The van der Waals surface area contributed by atoms with Gasteiger partial charge < -0.3 is 19.6 Å². The first kappa shape index (κ1) is 18.5. The molecule has 1 heterocycles. The molecule has 7 heteroatoms. The Labute approximate surface area is 151 Å². The third-order valence-corrected chi connectivity index (χ3v) is 6.40. The summed E-state index contributed by atoms with van der Waals surface area (Å²) < 4.78 is 17.9. The van der Waals surface area contributed by atoms with Gasteiger partial charge in [0.25, 0.3) is 0 Å². The van der Waals surface area contributed by atoms with Gasteiger partial charge >= 0.3 is 7.60 Å².